The third kappa shape index (κ3) is 4.91. The Morgan fingerprint density at radius 2 is 1.41 bits per heavy atom. The number of hydrogen-bond donors (Lipinski definition) is 0. The lowest BCUT2D eigenvalue weighted by Crippen LogP contribution is -2.51. The third-order valence-corrected chi connectivity index (χ3v) is 5.36. The number of carbonyl (C=O) groups is 2. The van der Waals surface area contributed by atoms with Crippen molar-refractivity contribution < 1.29 is 19.1 Å². The zero-order valence-corrected chi connectivity index (χ0v) is 16.3. The highest BCUT2D eigenvalue weighted by atomic mass is 16.5. The summed E-state index contributed by atoms with van der Waals surface area (Å²) in [6, 6.07) is 5.19. The molecule has 2 fully saturated rings. The fourth-order valence-electron chi connectivity index (χ4n) is 3.69. The van der Waals surface area contributed by atoms with Crippen LogP contribution in [0, 0.1) is 0 Å². The Morgan fingerprint density at radius 1 is 0.852 bits per heavy atom. The predicted octanol–water partition coefficient (Wildman–Crippen LogP) is 1.47. The van der Waals surface area contributed by atoms with Gasteiger partial charge in [0.15, 0.2) is 0 Å². The minimum Gasteiger partial charge on any atom is -0.497 e. The Labute approximate surface area is 160 Å². The molecule has 3 rings (SSSR count). The van der Waals surface area contributed by atoms with Gasteiger partial charge in [-0.05, 0) is 38.1 Å². The van der Waals surface area contributed by atoms with Crippen LogP contribution in [-0.2, 0) is 4.79 Å². The Bertz CT molecular complexity index is 643. The standard InChI is InChI=1S/C20H29N3O4/c1-26-17-13-16(14-18(15-17)27-2)20(25)23-11-9-22(10-12-23)19(24)5-8-21-6-3-4-7-21/h13-15H,3-12H2,1-2H3. The number of piperazine rings is 1. The van der Waals surface area contributed by atoms with E-state index in [-0.39, 0.29) is 11.8 Å². The van der Waals surface area contributed by atoms with Crippen molar-refractivity contribution in [1.29, 1.82) is 0 Å². The average molecular weight is 375 g/mol. The molecule has 0 spiro atoms. The van der Waals surface area contributed by atoms with E-state index in [0.717, 1.165) is 19.6 Å². The maximum absolute atomic E-state index is 12.8. The van der Waals surface area contributed by atoms with Gasteiger partial charge in [-0.2, -0.15) is 0 Å². The minimum atomic E-state index is -0.0589. The molecular formula is C20H29N3O4. The van der Waals surface area contributed by atoms with Crippen molar-refractivity contribution in [2.45, 2.75) is 19.3 Å². The molecule has 0 radical (unpaired) electrons. The van der Waals surface area contributed by atoms with Crippen LogP contribution in [0.5, 0.6) is 11.5 Å². The highest BCUT2D eigenvalue weighted by Gasteiger charge is 2.26. The first-order valence-corrected chi connectivity index (χ1v) is 9.63. The normalized spacial score (nSPS) is 17.9. The number of rotatable bonds is 6. The number of amides is 2. The predicted molar refractivity (Wildman–Crippen MR) is 102 cm³/mol. The van der Waals surface area contributed by atoms with Crippen molar-refractivity contribution in [3.8, 4) is 11.5 Å². The van der Waals surface area contributed by atoms with Crippen molar-refractivity contribution in [3.05, 3.63) is 23.8 Å². The molecule has 0 aromatic heterocycles. The van der Waals surface area contributed by atoms with E-state index in [1.807, 2.05) is 4.90 Å². The summed E-state index contributed by atoms with van der Waals surface area (Å²) in [4.78, 5) is 31.3. The van der Waals surface area contributed by atoms with Gasteiger partial charge >= 0.3 is 0 Å². The molecule has 0 atom stereocenters. The summed E-state index contributed by atoms with van der Waals surface area (Å²) in [5, 5.41) is 0. The van der Waals surface area contributed by atoms with Crippen LogP contribution in [0.15, 0.2) is 18.2 Å². The molecule has 2 aliphatic heterocycles. The summed E-state index contributed by atoms with van der Waals surface area (Å²) in [6.45, 7) is 5.35. The quantitative estimate of drug-likeness (QED) is 0.754. The second kappa shape index (κ2) is 9.08. The van der Waals surface area contributed by atoms with Gasteiger partial charge in [0.25, 0.3) is 5.91 Å². The van der Waals surface area contributed by atoms with Gasteiger partial charge in [-0.1, -0.05) is 0 Å². The lowest BCUT2D eigenvalue weighted by molar-refractivity contribution is -0.133. The van der Waals surface area contributed by atoms with Crippen molar-refractivity contribution in [2.24, 2.45) is 0 Å². The molecule has 0 aliphatic carbocycles. The highest BCUT2D eigenvalue weighted by Crippen LogP contribution is 2.24. The molecule has 148 valence electrons. The number of nitrogens with zero attached hydrogens (tertiary/aromatic N) is 3. The van der Waals surface area contributed by atoms with Crippen molar-refractivity contribution in [2.75, 3.05) is 60.0 Å². The van der Waals surface area contributed by atoms with Crippen LogP contribution in [-0.4, -0.2) is 86.5 Å². The second-order valence-corrected chi connectivity index (χ2v) is 7.07. The molecule has 2 aliphatic rings. The number of methoxy groups -OCH3 is 2. The van der Waals surface area contributed by atoms with Crippen LogP contribution in [0.1, 0.15) is 29.6 Å². The van der Waals surface area contributed by atoms with Gasteiger partial charge in [0, 0.05) is 50.8 Å². The number of benzene rings is 1. The third-order valence-electron chi connectivity index (χ3n) is 5.36. The lowest BCUT2D eigenvalue weighted by atomic mass is 10.1. The molecule has 1 aromatic carbocycles. The van der Waals surface area contributed by atoms with Crippen LogP contribution >= 0.6 is 0 Å². The topological polar surface area (TPSA) is 62.3 Å². The van der Waals surface area contributed by atoms with E-state index in [4.69, 9.17) is 9.47 Å². The molecule has 7 nitrogen and oxygen atoms in total. The Kier molecular flexibility index (Phi) is 6.55. The first kappa shape index (κ1) is 19.5. The molecule has 0 saturated carbocycles. The van der Waals surface area contributed by atoms with Crippen LogP contribution in [0.25, 0.3) is 0 Å². The molecule has 0 unspecified atom stereocenters. The molecule has 0 bridgehead atoms. The van der Waals surface area contributed by atoms with Crippen LogP contribution < -0.4 is 9.47 Å². The number of carbonyl (C=O) groups excluding carboxylic acids is 2. The molecular weight excluding hydrogens is 346 g/mol. The lowest BCUT2D eigenvalue weighted by Gasteiger charge is -2.35. The van der Waals surface area contributed by atoms with Crippen molar-refractivity contribution in [3.63, 3.8) is 0 Å². The van der Waals surface area contributed by atoms with Gasteiger partial charge < -0.3 is 24.2 Å². The van der Waals surface area contributed by atoms with Crippen LogP contribution in [0.2, 0.25) is 0 Å². The first-order valence-electron chi connectivity index (χ1n) is 9.63. The number of likely N-dealkylation sites (tertiary alicyclic amines) is 1. The molecule has 0 N–H and O–H groups in total. The van der Waals surface area contributed by atoms with Crippen molar-refractivity contribution in [1.82, 2.24) is 14.7 Å². The summed E-state index contributed by atoms with van der Waals surface area (Å²) < 4.78 is 10.5. The summed E-state index contributed by atoms with van der Waals surface area (Å²) in [6.07, 6.45) is 3.05. The van der Waals surface area contributed by atoms with Gasteiger partial charge in [-0.25, -0.2) is 0 Å². The Morgan fingerprint density at radius 3 is 1.96 bits per heavy atom. The smallest absolute Gasteiger partial charge is 0.254 e. The van der Waals surface area contributed by atoms with Gasteiger partial charge in [-0.3, -0.25) is 9.59 Å². The van der Waals surface area contributed by atoms with Crippen LogP contribution in [0.4, 0.5) is 0 Å². The van der Waals surface area contributed by atoms with Crippen molar-refractivity contribution >= 4 is 11.8 Å². The van der Waals surface area contributed by atoms with Gasteiger partial charge in [0.1, 0.15) is 11.5 Å². The SMILES string of the molecule is COc1cc(OC)cc(C(=O)N2CCN(C(=O)CCN3CCCC3)CC2)c1. The van der Waals surface area contributed by atoms with Gasteiger partial charge in [0.2, 0.25) is 5.91 Å². The fraction of sp³-hybridized carbons (Fsp3) is 0.600. The average Bonchev–Trinajstić information content (AvgIpc) is 3.24. The summed E-state index contributed by atoms with van der Waals surface area (Å²) >= 11 is 0. The highest BCUT2D eigenvalue weighted by molar-refractivity contribution is 5.95. The number of ether oxygens (including phenoxy) is 2. The zero-order valence-electron chi connectivity index (χ0n) is 16.3. The van der Waals surface area contributed by atoms with E-state index in [9.17, 15) is 9.59 Å². The monoisotopic (exact) mass is 375 g/mol. The molecule has 2 amide bonds. The minimum absolute atomic E-state index is 0.0589. The van der Waals surface area contributed by atoms with Gasteiger partial charge in [0.05, 0.1) is 14.2 Å². The Balaban J connectivity index is 1.52. The van der Waals surface area contributed by atoms with E-state index in [1.54, 1.807) is 37.3 Å². The zero-order chi connectivity index (χ0) is 19.2. The van der Waals surface area contributed by atoms with E-state index in [0.29, 0.717) is 49.7 Å². The Hall–Kier alpha value is -2.28. The maximum Gasteiger partial charge on any atom is 0.254 e. The summed E-state index contributed by atoms with van der Waals surface area (Å²) in [5.74, 6) is 1.32. The summed E-state index contributed by atoms with van der Waals surface area (Å²) in [5.41, 5.74) is 0.542. The fourth-order valence-corrected chi connectivity index (χ4v) is 3.69. The van der Waals surface area contributed by atoms with E-state index >= 15 is 0 Å². The molecule has 2 heterocycles. The molecule has 1 aromatic rings. The van der Waals surface area contributed by atoms with E-state index in [1.165, 1.54) is 12.8 Å². The second-order valence-electron chi connectivity index (χ2n) is 7.07. The molecule has 27 heavy (non-hydrogen) atoms. The first-order chi connectivity index (χ1) is 13.1. The van der Waals surface area contributed by atoms with Gasteiger partial charge in [-0.15, -0.1) is 0 Å². The van der Waals surface area contributed by atoms with Crippen LogP contribution in [0.3, 0.4) is 0 Å². The number of hydrogen-bond acceptors (Lipinski definition) is 5. The van der Waals surface area contributed by atoms with E-state index in [2.05, 4.69) is 4.90 Å². The molecule has 2 saturated heterocycles. The maximum atomic E-state index is 12.8. The molecule has 7 heteroatoms. The summed E-state index contributed by atoms with van der Waals surface area (Å²) in [7, 11) is 3.13. The van der Waals surface area contributed by atoms with E-state index < -0.39 is 0 Å². The largest absolute Gasteiger partial charge is 0.497 e.